The SMILES string of the molecule is CN(CCC(=O)Nc1ccc(F)cc1N)CC(=O)N(C)C. The van der Waals surface area contributed by atoms with E-state index < -0.39 is 5.82 Å². The number of nitrogens with zero attached hydrogens (tertiary/aromatic N) is 2. The lowest BCUT2D eigenvalue weighted by Crippen LogP contribution is -2.35. The van der Waals surface area contributed by atoms with Crippen LogP contribution in [-0.4, -0.2) is 55.8 Å². The summed E-state index contributed by atoms with van der Waals surface area (Å²) in [4.78, 5) is 26.5. The zero-order chi connectivity index (χ0) is 16.0. The average molecular weight is 296 g/mol. The fraction of sp³-hybridized carbons (Fsp3) is 0.429. The third-order valence-electron chi connectivity index (χ3n) is 2.91. The zero-order valence-electron chi connectivity index (χ0n) is 12.5. The first-order valence-corrected chi connectivity index (χ1v) is 6.53. The van der Waals surface area contributed by atoms with E-state index in [0.29, 0.717) is 12.2 Å². The van der Waals surface area contributed by atoms with Gasteiger partial charge in [0.1, 0.15) is 5.82 Å². The topological polar surface area (TPSA) is 78.7 Å². The van der Waals surface area contributed by atoms with Crippen molar-refractivity contribution in [2.24, 2.45) is 0 Å². The molecular formula is C14H21FN4O2. The van der Waals surface area contributed by atoms with E-state index >= 15 is 0 Å². The predicted molar refractivity (Wildman–Crippen MR) is 80.3 cm³/mol. The van der Waals surface area contributed by atoms with Gasteiger partial charge < -0.3 is 16.0 Å². The van der Waals surface area contributed by atoms with Gasteiger partial charge in [-0.1, -0.05) is 0 Å². The van der Waals surface area contributed by atoms with E-state index in [1.165, 1.54) is 17.0 Å². The van der Waals surface area contributed by atoms with E-state index in [1.54, 1.807) is 26.0 Å². The molecule has 0 radical (unpaired) electrons. The number of halogens is 1. The van der Waals surface area contributed by atoms with E-state index in [4.69, 9.17) is 5.73 Å². The van der Waals surface area contributed by atoms with E-state index in [2.05, 4.69) is 5.32 Å². The summed E-state index contributed by atoms with van der Waals surface area (Å²) in [5.41, 5.74) is 6.17. The molecule has 0 fully saturated rings. The van der Waals surface area contributed by atoms with Gasteiger partial charge in [0.05, 0.1) is 17.9 Å². The molecule has 21 heavy (non-hydrogen) atoms. The Morgan fingerprint density at radius 3 is 2.52 bits per heavy atom. The molecule has 0 saturated carbocycles. The van der Waals surface area contributed by atoms with Gasteiger partial charge in [-0.3, -0.25) is 14.5 Å². The quantitative estimate of drug-likeness (QED) is 0.760. The smallest absolute Gasteiger partial charge is 0.236 e. The van der Waals surface area contributed by atoms with Crippen molar-refractivity contribution >= 4 is 23.2 Å². The summed E-state index contributed by atoms with van der Waals surface area (Å²) in [6.45, 7) is 0.686. The third-order valence-corrected chi connectivity index (χ3v) is 2.91. The van der Waals surface area contributed by atoms with Gasteiger partial charge in [0.15, 0.2) is 0 Å². The molecule has 0 bridgehead atoms. The van der Waals surface area contributed by atoms with Gasteiger partial charge in [0.2, 0.25) is 11.8 Å². The number of anilines is 2. The first-order chi connectivity index (χ1) is 9.79. The second-order valence-electron chi connectivity index (χ2n) is 5.06. The number of nitrogens with one attached hydrogen (secondary N) is 1. The second-order valence-corrected chi connectivity index (χ2v) is 5.06. The number of nitrogens with two attached hydrogens (primary N) is 1. The molecule has 2 amide bonds. The Morgan fingerprint density at radius 1 is 1.29 bits per heavy atom. The largest absolute Gasteiger partial charge is 0.397 e. The van der Waals surface area contributed by atoms with E-state index in [-0.39, 0.29) is 30.5 Å². The molecule has 1 aromatic rings. The summed E-state index contributed by atoms with van der Waals surface area (Å²) in [5.74, 6) is -0.717. The maximum atomic E-state index is 12.9. The molecule has 1 aromatic carbocycles. The normalized spacial score (nSPS) is 10.5. The molecule has 0 aliphatic carbocycles. The van der Waals surface area contributed by atoms with Gasteiger partial charge in [0, 0.05) is 27.1 Å². The van der Waals surface area contributed by atoms with Crippen LogP contribution in [0.4, 0.5) is 15.8 Å². The number of hydrogen-bond donors (Lipinski definition) is 2. The van der Waals surface area contributed by atoms with Crippen LogP contribution >= 0.6 is 0 Å². The number of rotatable bonds is 6. The highest BCUT2D eigenvalue weighted by Gasteiger charge is 2.11. The summed E-state index contributed by atoms with van der Waals surface area (Å²) >= 11 is 0. The Kier molecular flexibility index (Phi) is 6.10. The van der Waals surface area contributed by atoms with Gasteiger partial charge in [-0.15, -0.1) is 0 Å². The molecule has 3 N–H and O–H groups in total. The van der Waals surface area contributed by atoms with Crippen molar-refractivity contribution in [3.05, 3.63) is 24.0 Å². The van der Waals surface area contributed by atoms with Crippen LogP contribution in [0.2, 0.25) is 0 Å². The molecule has 0 aliphatic rings. The van der Waals surface area contributed by atoms with Crippen molar-refractivity contribution in [2.45, 2.75) is 6.42 Å². The van der Waals surface area contributed by atoms with Crippen LogP contribution in [0.5, 0.6) is 0 Å². The molecule has 7 heteroatoms. The van der Waals surface area contributed by atoms with Crippen molar-refractivity contribution in [3.8, 4) is 0 Å². The summed E-state index contributed by atoms with van der Waals surface area (Å²) in [5, 5.41) is 2.62. The average Bonchev–Trinajstić information content (AvgIpc) is 2.39. The van der Waals surface area contributed by atoms with E-state index in [1.807, 2.05) is 0 Å². The molecule has 1 rings (SSSR count). The minimum Gasteiger partial charge on any atom is -0.397 e. The molecule has 0 heterocycles. The lowest BCUT2D eigenvalue weighted by atomic mass is 10.2. The van der Waals surface area contributed by atoms with Crippen molar-refractivity contribution < 1.29 is 14.0 Å². The first-order valence-electron chi connectivity index (χ1n) is 6.53. The highest BCUT2D eigenvalue weighted by atomic mass is 19.1. The molecular weight excluding hydrogens is 275 g/mol. The fourth-order valence-electron chi connectivity index (χ4n) is 1.60. The van der Waals surface area contributed by atoms with Gasteiger partial charge in [0.25, 0.3) is 0 Å². The maximum Gasteiger partial charge on any atom is 0.236 e. The molecule has 0 unspecified atom stereocenters. The second kappa shape index (κ2) is 7.58. The molecule has 6 nitrogen and oxygen atoms in total. The van der Waals surface area contributed by atoms with Gasteiger partial charge in [-0.05, 0) is 25.2 Å². The van der Waals surface area contributed by atoms with Crippen molar-refractivity contribution in [3.63, 3.8) is 0 Å². The number of carbonyl (C=O) groups is 2. The van der Waals surface area contributed by atoms with Crippen LogP contribution in [0.1, 0.15) is 6.42 Å². The molecule has 0 atom stereocenters. The lowest BCUT2D eigenvalue weighted by molar-refractivity contribution is -0.130. The number of likely N-dealkylation sites (N-methyl/N-ethyl adjacent to an activating group) is 2. The molecule has 0 aromatic heterocycles. The Balaban J connectivity index is 2.42. The zero-order valence-corrected chi connectivity index (χ0v) is 12.5. The molecule has 0 saturated heterocycles. The van der Waals surface area contributed by atoms with Crippen LogP contribution in [0.3, 0.4) is 0 Å². The summed E-state index contributed by atoms with van der Waals surface area (Å²) in [7, 11) is 5.13. The van der Waals surface area contributed by atoms with Crippen LogP contribution in [-0.2, 0) is 9.59 Å². The van der Waals surface area contributed by atoms with Gasteiger partial charge >= 0.3 is 0 Å². The molecule has 116 valence electrons. The first kappa shape index (κ1) is 16.9. The Morgan fingerprint density at radius 2 is 1.95 bits per heavy atom. The highest BCUT2D eigenvalue weighted by Crippen LogP contribution is 2.19. The number of amides is 2. The van der Waals surface area contributed by atoms with Crippen molar-refractivity contribution in [1.29, 1.82) is 0 Å². The predicted octanol–water partition coefficient (Wildman–Crippen LogP) is 0.757. The van der Waals surface area contributed by atoms with E-state index in [0.717, 1.165) is 6.07 Å². The monoisotopic (exact) mass is 296 g/mol. The highest BCUT2D eigenvalue weighted by molar-refractivity contribution is 5.93. The Hall–Kier alpha value is -2.15. The minimum absolute atomic E-state index is 0.0271. The number of nitrogen functional groups attached to an aromatic ring is 1. The molecule has 0 aliphatic heterocycles. The minimum atomic E-state index is -0.451. The Labute approximate surface area is 123 Å². The van der Waals surface area contributed by atoms with Crippen LogP contribution in [0.15, 0.2) is 18.2 Å². The number of hydrogen-bond acceptors (Lipinski definition) is 4. The van der Waals surface area contributed by atoms with Gasteiger partial charge in [-0.25, -0.2) is 4.39 Å². The summed E-state index contributed by atoms with van der Waals surface area (Å²) in [6.07, 6.45) is 0.216. The standard InChI is InChI=1S/C14H21FN4O2/c1-18(2)14(21)9-19(3)7-6-13(20)17-12-5-4-10(15)8-11(12)16/h4-5,8H,6-7,9,16H2,1-3H3,(H,17,20). The number of benzene rings is 1. The van der Waals surface area contributed by atoms with Crippen molar-refractivity contribution in [1.82, 2.24) is 9.80 Å². The molecule has 0 spiro atoms. The number of carbonyl (C=O) groups excluding carboxylic acids is 2. The van der Waals surface area contributed by atoms with Crippen LogP contribution < -0.4 is 11.1 Å². The van der Waals surface area contributed by atoms with Crippen LogP contribution in [0, 0.1) is 5.82 Å². The summed E-state index contributed by atoms with van der Waals surface area (Å²) < 4.78 is 12.9. The van der Waals surface area contributed by atoms with Gasteiger partial charge in [-0.2, -0.15) is 0 Å². The Bertz CT molecular complexity index is 520. The fourth-order valence-corrected chi connectivity index (χ4v) is 1.60. The maximum absolute atomic E-state index is 12.9. The third kappa shape index (κ3) is 5.78. The van der Waals surface area contributed by atoms with E-state index in [9.17, 15) is 14.0 Å². The summed E-state index contributed by atoms with van der Waals surface area (Å²) in [6, 6.07) is 3.80. The van der Waals surface area contributed by atoms with Crippen LogP contribution in [0.25, 0.3) is 0 Å². The lowest BCUT2D eigenvalue weighted by Gasteiger charge is -2.18. The van der Waals surface area contributed by atoms with Crippen molar-refractivity contribution in [2.75, 3.05) is 45.3 Å².